The summed E-state index contributed by atoms with van der Waals surface area (Å²) >= 11 is 19.3. The van der Waals surface area contributed by atoms with Crippen molar-refractivity contribution in [3.63, 3.8) is 0 Å². The minimum absolute atomic E-state index is 0.00327. The number of likely N-dealkylation sites (tertiary alicyclic amines) is 1. The number of benzene rings is 1. The zero-order valence-corrected chi connectivity index (χ0v) is 20.8. The lowest BCUT2D eigenvalue weighted by Crippen LogP contribution is -2.37. The van der Waals surface area contributed by atoms with Crippen molar-refractivity contribution in [2.45, 2.75) is 41.8 Å². The lowest BCUT2D eigenvalue weighted by molar-refractivity contribution is -0.140. The predicted molar refractivity (Wildman–Crippen MR) is 124 cm³/mol. The Hall–Kier alpha value is -0.630. The third-order valence-corrected chi connectivity index (χ3v) is 10.3. The molecule has 1 aromatic rings. The molecule has 2 bridgehead atoms. The third kappa shape index (κ3) is 4.07. The third-order valence-electron chi connectivity index (χ3n) is 6.57. The number of fused-ring (bicyclic) bond motifs is 5. The molecule has 0 aromatic heterocycles. The first kappa shape index (κ1) is 22.6. The minimum Gasteiger partial charge on any atom is -0.325 e. The number of amides is 3. The first-order chi connectivity index (χ1) is 14.3. The van der Waals surface area contributed by atoms with Gasteiger partial charge >= 0.3 is 0 Å². The van der Waals surface area contributed by atoms with Crippen LogP contribution in [-0.4, -0.2) is 38.8 Å². The summed E-state index contributed by atoms with van der Waals surface area (Å²) < 4.78 is 0. The second kappa shape index (κ2) is 9.08. The average Bonchev–Trinajstić information content (AvgIpc) is 3.30. The molecule has 0 unspecified atom stereocenters. The quantitative estimate of drug-likeness (QED) is 0.271. The van der Waals surface area contributed by atoms with Gasteiger partial charge in [-0.05, 0) is 49.3 Å². The van der Waals surface area contributed by atoms with E-state index in [1.807, 2.05) is 0 Å². The molecule has 1 N–H and O–H groups in total. The van der Waals surface area contributed by atoms with E-state index in [4.69, 9.17) is 23.2 Å². The molecule has 2 aliphatic carbocycles. The lowest BCUT2D eigenvalue weighted by Gasteiger charge is -2.28. The van der Waals surface area contributed by atoms with Crippen LogP contribution >= 0.6 is 55.1 Å². The summed E-state index contributed by atoms with van der Waals surface area (Å²) in [5.41, 5.74) is 0.538. The van der Waals surface area contributed by atoms with Crippen molar-refractivity contribution in [2.75, 3.05) is 11.9 Å². The van der Waals surface area contributed by atoms with Gasteiger partial charge in [-0.25, -0.2) is 0 Å². The van der Waals surface area contributed by atoms with Gasteiger partial charge in [0.2, 0.25) is 17.7 Å². The zero-order chi connectivity index (χ0) is 21.6. The van der Waals surface area contributed by atoms with Crippen molar-refractivity contribution in [2.24, 2.45) is 23.7 Å². The lowest BCUT2D eigenvalue weighted by atomic mass is 9.81. The second-order valence-corrected chi connectivity index (χ2v) is 11.3. The number of hydrogen-bond acceptors (Lipinski definition) is 3. The highest BCUT2D eigenvalue weighted by atomic mass is 79.9. The Morgan fingerprint density at radius 3 is 2.27 bits per heavy atom. The number of nitrogens with zero attached hydrogens (tertiary/aromatic N) is 1. The molecule has 0 spiro atoms. The molecular formula is C21H22Br2Cl2N2O3. The van der Waals surface area contributed by atoms with Crippen molar-refractivity contribution < 1.29 is 14.4 Å². The standard InChI is InChI=1S/C21H22Br2Cl2N2O3/c22-18-11-9-12(19(18)23)17-16(11)20(29)27(21(17)30)7-3-1-2-4-15(28)26-14-6-5-10(24)8-13(14)25/h5-6,8,11-12,16-19H,1-4,7,9H2,(H,26,28)/t11-,12+,16-,17-,18-,19+/m0/s1. The van der Waals surface area contributed by atoms with Crippen LogP contribution in [-0.2, 0) is 14.4 Å². The summed E-state index contributed by atoms with van der Waals surface area (Å²) in [5.74, 6) is 0.0490. The number of unbranched alkanes of at least 4 members (excludes halogenated alkanes) is 2. The van der Waals surface area contributed by atoms with E-state index in [1.165, 1.54) is 4.90 Å². The van der Waals surface area contributed by atoms with Crippen LogP contribution in [0, 0.1) is 23.7 Å². The van der Waals surface area contributed by atoms with Crippen LogP contribution < -0.4 is 5.32 Å². The fourth-order valence-corrected chi connectivity index (χ4v) is 7.50. The zero-order valence-electron chi connectivity index (χ0n) is 16.1. The summed E-state index contributed by atoms with van der Waals surface area (Å²) in [6.45, 7) is 0.439. The number of hydrogen-bond donors (Lipinski definition) is 1. The fraction of sp³-hybridized carbons (Fsp3) is 0.571. The van der Waals surface area contributed by atoms with E-state index in [9.17, 15) is 14.4 Å². The maximum absolute atomic E-state index is 12.9. The first-order valence-corrected chi connectivity index (χ1v) is 12.8. The summed E-state index contributed by atoms with van der Waals surface area (Å²) in [4.78, 5) is 39.8. The van der Waals surface area contributed by atoms with Gasteiger partial charge in [0.05, 0.1) is 22.5 Å². The predicted octanol–water partition coefficient (Wildman–Crippen LogP) is 5.27. The van der Waals surface area contributed by atoms with Crippen LogP contribution in [0.1, 0.15) is 32.1 Å². The normalized spacial score (nSPS) is 32.1. The van der Waals surface area contributed by atoms with Crippen LogP contribution in [0.2, 0.25) is 10.0 Å². The van der Waals surface area contributed by atoms with Gasteiger partial charge in [-0.1, -0.05) is 61.5 Å². The molecule has 0 radical (unpaired) electrons. The second-order valence-electron chi connectivity index (χ2n) is 8.31. The molecule has 2 saturated carbocycles. The topological polar surface area (TPSA) is 66.5 Å². The van der Waals surface area contributed by atoms with Gasteiger partial charge in [0, 0.05) is 27.6 Å². The van der Waals surface area contributed by atoms with Gasteiger partial charge in [0.25, 0.3) is 0 Å². The van der Waals surface area contributed by atoms with Crippen LogP contribution in [0.3, 0.4) is 0 Å². The number of alkyl halides is 2. The highest BCUT2D eigenvalue weighted by molar-refractivity contribution is 9.12. The molecule has 1 heterocycles. The molecule has 3 fully saturated rings. The Morgan fingerprint density at radius 1 is 1.03 bits per heavy atom. The largest absolute Gasteiger partial charge is 0.325 e. The van der Waals surface area contributed by atoms with E-state index in [0.29, 0.717) is 41.5 Å². The van der Waals surface area contributed by atoms with Crippen LogP contribution in [0.25, 0.3) is 0 Å². The Bertz CT molecular complexity index is 852. The van der Waals surface area contributed by atoms with Gasteiger partial charge in [0.15, 0.2) is 0 Å². The van der Waals surface area contributed by atoms with Crippen molar-refractivity contribution >= 4 is 78.5 Å². The minimum atomic E-state index is -0.157. The van der Waals surface area contributed by atoms with Crippen molar-refractivity contribution in [3.8, 4) is 0 Å². The SMILES string of the molecule is O=C(CCCCCN1C(=O)[C@H]2[C@@H]3C[C@@H]([C@@H](Br)[C@H]3Br)[C@@H]2C1=O)Nc1ccc(Cl)cc1Cl. The van der Waals surface area contributed by atoms with E-state index in [-0.39, 0.29) is 51.0 Å². The average molecular weight is 581 g/mol. The van der Waals surface area contributed by atoms with E-state index in [0.717, 1.165) is 12.8 Å². The Balaban J connectivity index is 1.21. The van der Waals surface area contributed by atoms with E-state index >= 15 is 0 Å². The van der Waals surface area contributed by atoms with Crippen molar-refractivity contribution in [1.82, 2.24) is 4.90 Å². The first-order valence-electron chi connectivity index (χ1n) is 10.2. The van der Waals surface area contributed by atoms with Crippen LogP contribution in [0.5, 0.6) is 0 Å². The monoisotopic (exact) mass is 578 g/mol. The maximum Gasteiger partial charge on any atom is 0.233 e. The molecule has 3 aliphatic rings. The molecule has 162 valence electrons. The number of rotatable bonds is 7. The number of halogens is 4. The van der Waals surface area contributed by atoms with Gasteiger partial charge in [-0.2, -0.15) is 0 Å². The molecule has 6 atom stereocenters. The molecular weight excluding hydrogens is 559 g/mol. The molecule has 1 saturated heterocycles. The van der Waals surface area contributed by atoms with Gasteiger partial charge in [0.1, 0.15) is 0 Å². The molecule has 4 rings (SSSR count). The molecule has 5 nitrogen and oxygen atoms in total. The van der Waals surface area contributed by atoms with Crippen molar-refractivity contribution in [1.29, 1.82) is 0 Å². The number of nitrogens with one attached hydrogen (secondary N) is 1. The van der Waals surface area contributed by atoms with Crippen molar-refractivity contribution in [3.05, 3.63) is 28.2 Å². The smallest absolute Gasteiger partial charge is 0.233 e. The van der Waals surface area contributed by atoms with E-state index < -0.39 is 0 Å². The van der Waals surface area contributed by atoms with Gasteiger partial charge in [-0.15, -0.1) is 0 Å². The fourth-order valence-electron chi connectivity index (χ4n) is 5.17. The Labute approximate surface area is 202 Å². The van der Waals surface area contributed by atoms with E-state index in [1.54, 1.807) is 18.2 Å². The number of anilines is 1. The Morgan fingerprint density at radius 2 is 1.67 bits per heavy atom. The summed E-state index contributed by atoms with van der Waals surface area (Å²) in [6, 6.07) is 4.93. The molecule has 9 heteroatoms. The van der Waals surface area contributed by atoms with Gasteiger partial charge < -0.3 is 5.32 Å². The summed E-state index contributed by atoms with van der Waals surface area (Å²) in [6.07, 6.45) is 3.45. The Kier molecular flexibility index (Phi) is 6.83. The molecule has 3 amide bonds. The summed E-state index contributed by atoms with van der Waals surface area (Å²) in [7, 11) is 0. The molecule has 30 heavy (non-hydrogen) atoms. The highest BCUT2D eigenvalue weighted by Crippen LogP contribution is 2.60. The molecule has 1 aromatic carbocycles. The van der Waals surface area contributed by atoms with E-state index in [2.05, 4.69) is 37.2 Å². The number of carbonyl (C=O) groups excluding carboxylic acids is 3. The number of imide groups is 1. The van der Waals surface area contributed by atoms with Crippen LogP contribution in [0.15, 0.2) is 18.2 Å². The highest BCUT2D eigenvalue weighted by Gasteiger charge is 2.66. The maximum atomic E-state index is 12.9. The molecule has 1 aliphatic heterocycles. The number of carbonyl (C=O) groups is 3. The van der Waals surface area contributed by atoms with Gasteiger partial charge in [-0.3, -0.25) is 19.3 Å². The van der Waals surface area contributed by atoms with Crippen LogP contribution in [0.4, 0.5) is 5.69 Å². The summed E-state index contributed by atoms with van der Waals surface area (Å²) in [5, 5.41) is 3.69.